The summed E-state index contributed by atoms with van der Waals surface area (Å²) in [5.41, 5.74) is 0. The number of likely N-dealkylation sites (tertiary alicyclic amines) is 1. The van der Waals surface area contributed by atoms with Crippen LogP contribution in [0.1, 0.15) is 18.6 Å². The average Bonchev–Trinajstić information content (AvgIpc) is 3.18. The Bertz CT molecular complexity index is 664. The molecule has 0 unspecified atom stereocenters. The van der Waals surface area contributed by atoms with E-state index in [1.807, 2.05) is 22.6 Å². The lowest BCUT2D eigenvalue weighted by atomic mass is 10.3. The molecule has 2 fully saturated rings. The molecule has 3 rings (SSSR count). The molecule has 0 N–H and O–H groups in total. The number of thioether (sulfide) groups is 1. The zero-order chi connectivity index (χ0) is 15.7. The van der Waals surface area contributed by atoms with Gasteiger partial charge in [-0.25, -0.2) is 0 Å². The number of nitrogens with zero attached hydrogens (tertiary/aromatic N) is 2. The van der Waals surface area contributed by atoms with E-state index in [1.165, 1.54) is 6.08 Å². The largest absolute Gasteiger partial charge is 0.451 e. The molecule has 3 amide bonds. The highest BCUT2D eigenvalue weighted by Crippen LogP contribution is 2.32. The molecule has 0 aliphatic carbocycles. The molecule has 0 radical (unpaired) electrons. The highest BCUT2D eigenvalue weighted by atomic mass is 127. The van der Waals surface area contributed by atoms with Crippen LogP contribution < -0.4 is 0 Å². The minimum absolute atomic E-state index is 0.173. The van der Waals surface area contributed by atoms with Crippen molar-refractivity contribution in [3.8, 4) is 0 Å². The molecule has 2 aliphatic rings. The van der Waals surface area contributed by atoms with Gasteiger partial charge in [0.15, 0.2) is 3.77 Å². The molecule has 2 aliphatic heterocycles. The van der Waals surface area contributed by atoms with E-state index in [9.17, 15) is 14.4 Å². The molecule has 8 heteroatoms. The van der Waals surface area contributed by atoms with Gasteiger partial charge in [-0.15, -0.1) is 0 Å². The Morgan fingerprint density at radius 2 is 2.05 bits per heavy atom. The van der Waals surface area contributed by atoms with E-state index in [-0.39, 0.29) is 17.4 Å². The highest BCUT2D eigenvalue weighted by molar-refractivity contribution is 14.1. The van der Waals surface area contributed by atoms with E-state index in [2.05, 4.69) is 0 Å². The van der Waals surface area contributed by atoms with Gasteiger partial charge in [-0.1, -0.05) is 0 Å². The van der Waals surface area contributed by atoms with Crippen LogP contribution in [0.4, 0.5) is 4.79 Å². The average molecular weight is 432 g/mol. The Morgan fingerprint density at radius 1 is 1.32 bits per heavy atom. The topological polar surface area (TPSA) is 70.8 Å². The fraction of sp³-hybridized carbons (Fsp3) is 0.357. The van der Waals surface area contributed by atoms with E-state index in [0.29, 0.717) is 22.6 Å². The van der Waals surface area contributed by atoms with Gasteiger partial charge in [0.2, 0.25) is 5.91 Å². The van der Waals surface area contributed by atoms with E-state index >= 15 is 0 Å². The van der Waals surface area contributed by atoms with Crippen LogP contribution in [-0.2, 0) is 9.59 Å². The third-order valence-electron chi connectivity index (χ3n) is 3.49. The van der Waals surface area contributed by atoms with Gasteiger partial charge in [0, 0.05) is 19.2 Å². The second-order valence-corrected chi connectivity index (χ2v) is 7.05. The first kappa shape index (κ1) is 15.6. The molecule has 22 heavy (non-hydrogen) atoms. The summed E-state index contributed by atoms with van der Waals surface area (Å²) in [6.07, 6.45) is 3.49. The van der Waals surface area contributed by atoms with Crippen molar-refractivity contribution in [2.75, 3.05) is 19.6 Å². The lowest BCUT2D eigenvalue weighted by Gasteiger charge is -2.18. The molecule has 0 spiro atoms. The smallest absolute Gasteiger partial charge is 0.294 e. The fourth-order valence-electron chi connectivity index (χ4n) is 2.37. The number of carbonyl (C=O) groups excluding carboxylic acids is 3. The molecule has 3 heterocycles. The van der Waals surface area contributed by atoms with Gasteiger partial charge >= 0.3 is 0 Å². The summed E-state index contributed by atoms with van der Waals surface area (Å²) in [5.74, 6) is -0.0941. The van der Waals surface area contributed by atoms with Gasteiger partial charge in [-0.2, -0.15) is 0 Å². The normalized spacial score (nSPS) is 20.5. The van der Waals surface area contributed by atoms with Crippen LogP contribution in [0.5, 0.6) is 0 Å². The predicted molar refractivity (Wildman–Crippen MR) is 89.9 cm³/mol. The van der Waals surface area contributed by atoms with Gasteiger partial charge in [0.25, 0.3) is 11.1 Å². The van der Waals surface area contributed by atoms with Crippen molar-refractivity contribution in [3.05, 3.63) is 26.6 Å². The highest BCUT2D eigenvalue weighted by Gasteiger charge is 2.37. The van der Waals surface area contributed by atoms with Crippen molar-refractivity contribution in [2.24, 2.45) is 0 Å². The van der Waals surface area contributed by atoms with Crippen LogP contribution in [0.2, 0.25) is 0 Å². The molecule has 116 valence electrons. The maximum atomic E-state index is 12.3. The number of hydrogen-bond donors (Lipinski definition) is 0. The molecule has 1 aromatic heterocycles. The van der Waals surface area contributed by atoms with Crippen molar-refractivity contribution < 1.29 is 18.8 Å². The quantitative estimate of drug-likeness (QED) is 0.543. The zero-order valence-electron chi connectivity index (χ0n) is 11.6. The zero-order valence-corrected chi connectivity index (χ0v) is 14.6. The van der Waals surface area contributed by atoms with Gasteiger partial charge in [0.1, 0.15) is 12.3 Å². The third kappa shape index (κ3) is 3.22. The van der Waals surface area contributed by atoms with Crippen molar-refractivity contribution in [2.45, 2.75) is 12.8 Å². The van der Waals surface area contributed by atoms with Crippen LogP contribution in [0.3, 0.4) is 0 Å². The molecular weight excluding hydrogens is 419 g/mol. The number of amides is 3. The van der Waals surface area contributed by atoms with Crippen LogP contribution in [-0.4, -0.2) is 46.5 Å². The Balaban J connectivity index is 1.71. The molecular formula is C14H13IN2O4S. The molecule has 0 aromatic carbocycles. The maximum absolute atomic E-state index is 12.3. The second-order valence-electron chi connectivity index (χ2n) is 5.00. The molecule has 0 saturated carbocycles. The summed E-state index contributed by atoms with van der Waals surface area (Å²) in [5, 5.41) is -0.412. The lowest BCUT2D eigenvalue weighted by molar-refractivity contribution is -0.135. The summed E-state index contributed by atoms with van der Waals surface area (Å²) in [7, 11) is 0. The van der Waals surface area contributed by atoms with Crippen molar-refractivity contribution in [3.63, 3.8) is 0 Å². The van der Waals surface area contributed by atoms with Crippen LogP contribution in [0.15, 0.2) is 21.5 Å². The number of carbonyl (C=O) groups is 3. The van der Waals surface area contributed by atoms with E-state index in [1.54, 1.807) is 17.0 Å². The SMILES string of the molecule is O=C(CN1C(=O)S/C(=C\c2ccc(I)o2)C1=O)N1CCCC1. The molecule has 1 aromatic rings. The second kappa shape index (κ2) is 6.45. The minimum atomic E-state index is -0.436. The van der Waals surface area contributed by atoms with E-state index < -0.39 is 11.1 Å². The Hall–Kier alpha value is -1.29. The molecule has 0 bridgehead atoms. The van der Waals surface area contributed by atoms with Crippen molar-refractivity contribution in [1.29, 1.82) is 0 Å². The van der Waals surface area contributed by atoms with Crippen LogP contribution >= 0.6 is 34.4 Å². The minimum Gasteiger partial charge on any atom is -0.451 e. The number of imide groups is 1. The monoisotopic (exact) mass is 432 g/mol. The lowest BCUT2D eigenvalue weighted by Crippen LogP contribution is -2.40. The Labute approximate surface area is 145 Å². The first-order chi connectivity index (χ1) is 10.5. The molecule has 0 atom stereocenters. The summed E-state index contributed by atoms with van der Waals surface area (Å²) in [6.45, 7) is 1.23. The number of hydrogen-bond acceptors (Lipinski definition) is 5. The van der Waals surface area contributed by atoms with Crippen molar-refractivity contribution in [1.82, 2.24) is 9.80 Å². The van der Waals surface area contributed by atoms with Crippen molar-refractivity contribution >= 4 is 57.5 Å². The summed E-state index contributed by atoms with van der Waals surface area (Å²) in [6, 6.07) is 3.50. The first-order valence-electron chi connectivity index (χ1n) is 6.83. The van der Waals surface area contributed by atoms with Gasteiger partial charge in [0.05, 0.1) is 4.91 Å². The molecule has 2 saturated heterocycles. The number of furan rings is 1. The first-order valence-corrected chi connectivity index (χ1v) is 8.72. The summed E-state index contributed by atoms with van der Waals surface area (Å²) in [4.78, 5) is 39.3. The van der Waals surface area contributed by atoms with Crippen LogP contribution in [0.25, 0.3) is 6.08 Å². The predicted octanol–water partition coefficient (Wildman–Crippen LogP) is 2.54. The number of halogens is 1. The summed E-state index contributed by atoms with van der Waals surface area (Å²) >= 11 is 2.86. The molecule has 6 nitrogen and oxygen atoms in total. The summed E-state index contributed by atoms with van der Waals surface area (Å²) < 4.78 is 6.07. The van der Waals surface area contributed by atoms with E-state index in [4.69, 9.17) is 4.42 Å². The Kier molecular flexibility index (Phi) is 4.57. The number of rotatable bonds is 3. The van der Waals surface area contributed by atoms with Gasteiger partial charge in [-0.05, 0) is 59.3 Å². The fourth-order valence-corrected chi connectivity index (χ4v) is 3.63. The maximum Gasteiger partial charge on any atom is 0.294 e. The standard InChI is InChI=1S/C14H13IN2O4S/c15-11-4-3-9(21-11)7-10-13(19)17(14(20)22-10)8-12(18)16-5-1-2-6-16/h3-4,7H,1-2,5-6,8H2/b10-7-. The third-order valence-corrected chi connectivity index (χ3v) is 4.98. The Morgan fingerprint density at radius 3 is 2.68 bits per heavy atom. The van der Waals surface area contributed by atoms with Gasteiger partial charge in [-0.3, -0.25) is 19.3 Å². The van der Waals surface area contributed by atoms with E-state index in [0.717, 1.165) is 29.5 Å². The van der Waals surface area contributed by atoms with Gasteiger partial charge < -0.3 is 9.32 Å². The van der Waals surface area contributed by atoms with Crippen LogP contribution in [0, 0.1) is 3.77 Å².